The van der Waals surface area contributed by atoms with Crippen LogP contribution in [0, 0.1) is 11.8 Å². The lowest BCUT2D eigenvalue weighted by Gasteiger charge is -2.21. The van der Waals surface area contributed by atoms with Crippen LogP contribution in [0.25, 0.3) is 11.0 Å². The zero-order chi connectivity index (χ0) is 21.4. The van der Waals surface area contributed by atoms with Crippen molar-refractivity contribution < 1.29 is 24.3 Å². The maximum absolute atomic E-state index is 12.4. The van der Waals surface area contributed by atoms with E-state index in [4.69, 9.17) is 5.11 Å². The minimum Gasteiger partial charge on any atom is -0.481 e. The molecule has 0 aliphatic carbocycles. The number of para-hydroxylation sites is 1. The van der Waals surface area contributed by atoms with Gasteiger partial charge in [-0.1, -0.05) is 31.2 Å². The summed E-state index contributed by atoms with van der Waals surface area (Å²) in [5.74, 6) is -2.88. The number of benzene rings is 1. The Bertz CT molecular complexity index is 879. The summed E-state index contributed by atoms with van der Waals surface area (Å²) in [7, 11) is 0. The maximum Gasteiger partial charge on any atom is 0.305 e. The van der Waals surface area contributed by atoms with E-state index >= 15 is 0 Å². The monoisotopic (exact) mass is 403 g/mol. The fraction of sp³-hybridized carbons (Fsp3) is 0.474. The van der Waals surface area contributed by atoms with Crippen LogP contribution in [0.5, 0.6) is 0 Å². The van der Waals surface area contributed by atoms with Crippen LogP contribution >= 0.6 is 0 Å². The first kappa shape index (κ1) is 22.0. The van der Waals surface area contributed by atoms with Crippen molar-refractivity contribution in [2.75, 3.05) is 6.54 Å². The lowest BCUT2D eigenvalue weighted by Crippen LogP contribution is -2.44. The van der Waals surface area contributed by atoms with E-state index in [0.717, 1.165) is 11.0 Å². The lowest BCUT2D eigenvalue weighted by molar-refractivity contribution is -0.139. The number of aldehydes is 1. The average Bonchev–Trinajstić information content (AvgIpc) is 3.08. The highest BCUT2D eigenvalue weighted by atomic mass is 16.4. The van der Waals surface area contributed by atoms with E-state index in [2.05, 4.69) is 20.9 Å². The van der Waals surface area contributed by atoms with Gasteiger partial charge in [-0.3, -0.25) is 14.4 Å². The second-order valence-corrected chi connectivity index (χ2v) is 7.05. The van der Waals surface area contributed by atoms with E-state index in [9.17, 15) is 19.2 Å². The van der Waals surface area contributed by atoms with Crippen LogP contribution in [-0.4, -0.2) is 56.8 Å². The van der Waals surface area contributed by atoms with E-state index in [0.29, 0.717) is 19.4 Å². The van der Waals surface area contributed by atoms with E-state index in [1.54, 1.807) is 18.5 Å². The number of hydrogen-bond acceptors (Lipinski definition) is 6. The van der Waals surface area contributed by atoms with Gasteiger partial charge < -0.3 is 20.5 Å². The van der Waals surface area contributed by atoms with Crippen molar-refractivity contribution in [1.82, 2.24) is 25.6 Å². The highest BCUT2D eigenvalue weighted by molar-refractivity contribution is 5.88. The van der Waals surface area contributed by atoms with E-state index in [-0.39, 0.29) is 18.2 Å². The molecular weight excluding hydrogens is 378 g/mol. The standard InChI is InChI=1S/C19H25N5O5/c1-12(2)14(19(29)21-13(11-25)9-18(27)28)10-17(26)20-7-8-24-16-6-4-3-5-15(16)22-23-24/h3-6,11-14H,7-10H2,1-2H3,(H,20,26)(H,21,29)(H,27,28). The SMILES string of the molecule is CC(C)C(CC(=O)NCCn1nnc2ccccc21)C(=O)NC(C=O)CC(=O)O. The number of rotatable bonds is 11. The molecular formula is C19H25N5O5. The Morgan fingerprint density at radius 3 is 2.59 bits per heavy atom. The highest BCUT2D eigenvalue weighted by Crippen LogP contribution is 2.16. The van der Waals surface area contributed by atoms with Gasteiger partial charge in [-0.05, 0) is 18.1 Å². The summed E-state index contributed by atoms with van der Waals surface area (Å²) in [6.45, 7) is 4.31. The van der Waals surface area contributed by atoms with Gasteiger partial charge in [0, 0.05) is 18.9 Å². The summed E-state index contributed by atoms with van der Waals surface area (Å²) in [6.07, 6.45) is -0.190. The Morgan fingerprint density at radius 2 is 1.93 bits per heavy atom. The number of amides is 2. The molecule has 0 aliphatic heterocycles. The predicted molar refractivity (Wildman–Crippen MR) is 104 cm³/mol. The molecule has 0 spiro atoms. The van der Waals surface area contributed by atoms with Crippen molar-refractivity contribution in [1.29, 1.82) is 0 Å². The Hall–Kier alpha value is -3.30. The number of nitrogens with zero attached hydrogens (tertiary/aromatic N) is 3. The molecule has 0 bridgehead atoms. The van der Waals surface area contributed by atoms with Gasteiger partial charge in [-0.2, -0.15) is 0 Å². The van der Waals surface area contributed by atoms with Gasteiger partial charge in [0.2, 0.25) is 11.8 Å². The molecule has 0 radical (unpaired) electrons. The van der Waals surface area contributed by atoms with E-state index in [1.165, 1.54) is 0 Å². The average molecular weight is 403 g/mol. The molecule has 2 aromatic rings. The van der Waals surface area contributed by atoms with Gasteiger partial charge in [-0.15, -0.1) is 5.10 Å². The Kier molecular flexibility index (Phi) is 7.81. The van der Waals surface area contributed by atoms with Crippen molar-refractivity contribution in [3.8, 4) is 0 Å². The van der Waals surface area contributed by atoms with Gasteiger partial charge >= 0.3 is 5.97 Å². The van der Waals surface area contributed by atoms with Crippen LogP contribution in [0.15, 0.2) is 24.3 Å². The highest BCUT2D eigenvalue weighted by Gasteiger charge is 2.27. The molecule has 10 nitrogen and oxygen atoms in total. The summed E-state index contributed by atoms with van der Waals surface area (Å²) in [5, 5.41) is 22.0. The van der Waals surface area contributed by atoms with Crippen molar-refractivity contribution in [3.05, 3.63) is 24.3 Å². The van der Waals surface area contributed by atoms with Crippen molar-refractivity contribution in [2.45, 2.75) is 39.3 Å². The third kappa shape index (κ3) is 6.37. The molecule has 1 aromatic heterocycles. The number of aromatic nitrogens is 3. The van der Waals surface area contributed by atoms with Crippen LogP contribution in [0.4, 0.5) is 0 Å². The minimum atomic E-state index is -1.19. The fourth-order valence-electron chi connectivity index (χ4n) is 2.90. The van der Waals surface area contributed by atoms with E-state index < -0.39 is 30.3 Å². The Morgan fingerprint density at radius 1 is 1.21 bits per heavy atom. The number of aliphatic carboxylic acids is 1. The molecule has 2 atom stereocenters. The Labute approximate surface area is 167 Å². The zero-order valence-corrected chi connectivity index (χ0v) is 16.4. The minimum absolute atomic E-state index is 0.0692. The number of carboxylic acid groups (broad SMARTS) is 1. The molecule has 0 fully saturated rings. The molecule has 0 saturated carbocycles. The van der Waals surface area contributed by atoms with Crippen molar-refractivity contribution >= 4 is 35.1 Å². The zero-order valence-electron chi connectivity index (χ0n) is 16.4. The van der Waals surface area contributed by atoms with E-state index in [1.807, 2.05) is 24.3 Å². The molecule has 156 valence electrons. The maximum atomic E-state index is 12.4. The lowest BCUT2D eigenvalue weighted by atomic mass is 9.91. The first-order valence-corrected chi connectivity index (χ1v) is 9.34. The fourth-order valence-corrected chi connectivity index (χ4v) is 2.90. The normalized spacial score (nSPS) is 13.1. The summed E-state index contributed by atoms with van der Waals surface area (Å²) in [4.78, 5) is 46.4. The molecule has 1 heterocycles. The molecule has 0 saturated heterocycles. The van der Waals surface area contributed by atoms with Gasteiger partial charge in [-0.25, -0.2) is 4.68 Å². The third-order valence-electron chi connectivity index (χ3n) is 4.50. The molecule has 2 rings (SSSR count). The molecule has 2 unspecified atom stereocenters. The smallest absolute Gasteiger partial charge is 0.305 e. The largest absolute Gasteiger partial charge is 0.481 e. The first-order chi connectivity index (χ1) is 13.8. The third-order valence-corrected chi connectivity index (χ3v) is 4.50. The van der Waals surface area contributed by atoms with Gasteiger partial charge in [0.15, 0.2) is 0 Å². The molecule has 0 aliphatic rings. The van der Waals surface area contributed by atoms with Gasteiger partial charge in [0.25, 0.3) is 0 Å². The van der Waals surface area contributed by atoms with Crippen LogP contribution in [-0.2, 0) is 25.7 Å². The molecule has 2 amide bonds. The molecule has 10 heteroatoms. The van der Waals surface area contributed by atoms with Crippen LogP contribution < -0.4 is 10.6 Å². The van der Waals surface area contributed by atoms with Crippen LogP contribution in [0.3, 0.4) is 0 Å². The number of nitrogens with one attached hydrogen (secondary N) is 2. The number of carbonyl (C=O) groups excluding carboxylic acids is 3. The molecule has 29 heavy (non-hydrogen) atoms. The summed E-state index contributed by atoms with van der Waals surface area (Å²) in [5.41, 5.74) is 1.63. The second kappa shape index (κ2) is 10.3. The number of carboxylic acids is 1. The second-order valence-electron chi connectivity index (χ2n) is 7.05. The topological polar surface area (TPSA) is 143 Å². The summed E-state index contributed by atoms with van der Waals surface area (Å²) in [6, 6.07) is 6.36. The van der Waals surface area contributed by atoms with Gasteiger partial charge in [0.1, 0.15) is 11.8 Å². The Balaban J connectivity index is 1.87. The molecule has 3 N–H and O–H groups in total. The predicted octanol–water partition coefficient (Wildman–Crippen LogP) is 0.368. The van der Waals surface area contributed by atoms with Crippen molar-refractivity contribution in [2.24, 2.45) is 11.8 Å². The summed E-state index contributed by atoms with van der Waals surface area (Å²) >= 11 is 0. The quantitative estimate of drug-likeness (QED) is 0.460. The number of fused-ring (bicyclic) bond motifs is 1. The number of hydrogen-bond donors (Lipinski definition) is 3. The summed E-state index contributed by atoms with van der Waals surface area (Å²) < 4.78 is 1.68. The molecule has 1 aromatic carbocycles. The van der Waals surface area contributed by atoms with Crippen LogP contribution in [0.1, 0.15) is 26.7 Å². The van der Waals surface area contributed by atoms with Gasteiger partial charge in [0.05, 0.1) is 24.5 Å². The first-order valence-electron chi connectivity index (χ1n) is 9.34. The number of carbonyl (C=O) groups is 4. The van der Waals surface area contributed by atoms with Crippen molar-refractivity contribution in [3.63, 3.8) is 0 Å². The van der Waals surface area contributed by atoms with Crippen LogP contribution in [0.2, 0.25) is 0 Å².